The summed E-state index contributed by atoms with van der Waals surface area (Å²) in [6, 6.07) is 11.6. The zero-order chi connectivity index (χ0) is 12.7. The molecule has 2 aromatic carbocycles. The quantitative estimate of drug-likeness (QED) is 0.700. The Morgan fingerprint density at radius 1 is 1.11 bits per heavy atom. The van der Waals surface area contributed by atoms with Crippen molar-refractivity contribution >= 4 is 11.0 Å². The predicted molar refractivity (Wildman–Crippen MR) is 68.6 cm³/mol. The summed E-state index contributed by atoms with van der Waals surface area (Å²) >= 11 is 0. The number of imidazole rings is 1. The van der Waals surface area contributed by atoms with Gasteiger partial charge in [-0.25, -0.2) is 9.18 Å². The van der Waals surface area contributed by atoms with Gasteiger partial charge >= 0.3 is 5.69 Å². The number of H-pyrrole nitrogens is 1. The van der Waals surface area contributed by atoms with E-state index in [-0.39, 0.29) is 11.5 Å². The van der Waals surface area contributed by atoms with E-state index in [4.69, 9.17) is 0 Å². The maximum atomic E-state index is 12.9. The minimum Gasteiger partial charge on any atom is -0.305 e. The van der Waals surface area contributed by atoms with E-state index in [0.29, 0.717) is 5.69 Å². The molecule has 90 valence electrons. The Morgan fingerprint density at radius 3 is 2.56 bits per heavy atom. The second kappa shape index (κ2) is 3.84. The normalized spacial score (nSPS) is 11.0. The molecule has 0 unspecified atom stereocenters. The first kappa shape index (κ1) is 10.8. The lowest BCUT2D eigenvalue weighted by atomic mass is 10.2. The van der Waals surface area contributed by atoms with Gasteiger partial charge in [-0.05, 0) is 42.8 Å². The molecule has 0 saturated carbocycles. The summed E-state index contributed by atoms with van der Waals surface area (Å²) in [6.07, 6.45) is 0. The Morgan fingerprint density at radius 2 is 1.83 bits per heavy atom. The van der Waals surface area contributed by atoms with Crippen LogP contribution in [0.5, 0.6) is 0 Å². The molecule has 0 aliphatic heterocycles. The number of halogens is 1. The third-order valence-corrected chi connectivity index (χ3v) is 2.99. The maximum absolute atomic E-state index is 12.9. The smallest absolute Gasteiger partial charge is 0.305 e. The maximum Gasteiger partial charge on any atom is 0.331 e. The third kappa shape index (κ3) is 1.54. The van der Waals surface area contributed by atoms with E-state index in [1.165, 1.54) is 12.1 Å². The summed E-state index contributed by atoms with van der Waals surface area (Å²) in [5.41, 5.74) is 3.04. The van der Waals surface area contributed by atoms with Crippen molar-refractivity contribution in [3.8, 4) is 5.69 Å². The molecule has 1 aromatic heterocycles. The molecule has 0 aliphatic rings. The Bertz CT molecular complexity index is 769. The molecule has 3 rings (SSSR count). The van der Waals surface area contributed by atoms with Gasteiger partial charge in [0.2, 0.25) is 0 Å². The average Bonchev–Trinajstić information content (AvgIpc) is 2.68. The van der Waals surface area contributed by atoms with Crippen molar-refractivity contribution in [2.45, 2.75) is 6.92 Å². The van der Waals surface area contributed by atoms with Crippen molar-refractivity contribution in [1.29, 1.82) is 0 Å². The number of aromatic amines is 1. The summed E-state index contributed by atoms with van der Waals surface area (Å²) in [7, 11) is 0. The lowest BCUT2D eigenvalue weighted by Gasteiger charge is -2.05. The van der Waals surface area contributed by atoms with Crippen LogP contribution in [-0.4, -0.2) is 9.55 Å². The molecule has 0 atom stereocenters. The second-order valence-electron chi connectivity index (χ2n) is 4.21. The molecule has 0 radical (unpaired) electrons. The van der Waals surface area contributed by atoms with Gasteiger partial charge in [-0.3, -0.25) is 4.57 Å². The SMILES string of the molecule is Cc1cccc2[nH]c(=O)n(-c3ccc(F)cc3)c12. The van der Waals surface area contributed by atoms with Crippen molar-refractivity contribution in [3.05, 3.63) is 64.3 Å². The molecule has 18 heavy (non-hydrogen) atoms. The second-order valence-corrected chi connectivity index (χ2v) is 4.21. The molecular weight excluding hydrogens is 231 g/mol. The summed E-state index contributed by atoms with van der Waals surface area (Å²) in [5, 5.41) is 0. The van der Waals surface area contributed by atoms with Gasteiger partial charge in [0.25, 0.3) is 0 Å². The first-order valence-corrected chi connectivity index (χ1v) is 5.63. The zero-order valence-electron chi connectivity index (χ0n) is 9.77. The highest BCUT2D eigenvalue weighted by Crippen LogP contribution is 2.19. The third-order valence-electron chi connectivity index (χ3n) is 2.99. The highest BCUT2D eigenvalue weighted by molar-refractivity contribution is 5.80. The molecule has 3 nitrogen and oxygen atoms in total. The number of fused-ring (bicyclic) bond motifs is 1. The number of hydrogen-bond donors (Lipinski definition) is 1. The van der Waals surface area contributed by atoms with Crippen LogP contribution in [-0.2, 0) is 0 Å². The predicted octanol–water partition coefficient (Wildman–Crippen LogP) is 2.77. The minimum atomic E-state index is -0.316. The van der Waals surface area contributed by atoms with E-state index >= 15 is 0 Å². The fourth-order valence-electron chi connectivity index (χ4n) is 2.17. The number of nitrogens with one attached hydrogen (secondary N) is 1. The fraction of sp³-hybridized carbons (Fsp3) is 0.0714. The van der Waals surface area contributed by atoms with Crippen LogP contribution in [0.25, 0.3) is 16.7 Å². The van der Waals surface area contributed by atoms with Crippen molar-refractivity contribution < 1.29 is 4.39 Å². The molecule has 0 amide bonds. The number of para-hydroxylation sites is 1. The van der Waals surface area contributed by atoms with E-state index in [0.717, 1.165) is 16.6 Å². The molecule has 3 aromatic rings. The number of rotatable bonds is 1. The van der Waals surface area contributed by atoms with Gasteiger partial charge in [-0.2, -0.15) is 0 Å². The van der Waals surface area contributed by atoms with Gasteiger partial charge in [0, 0.05) is 0 Å². The molecule has 0 fully saturated rings. The van der Waals surface area contributed by atoms with Crippen LogP contribution in [0.4, 0.5) is 4.39 Å². The molecule has 1 N–H and O–H groups in total. The topological polar surface area (TPSA) is 37.8 Å². The van der Waals surface area contributed by atoms with Crippen LogP contribution in [0, 0.1) is 12.7 Å². The standard InChI is InChI=1S/C14H11FN2O/c1-9-3-2-4-12-13(9)17(14(18)16-12)11-7-5-10(15)6-8-11/h2-8H,1H3,(H,16,18). The van der Waals surface area contributed by atoms with E-state index in [2.05, 4.69) is 4.98 Å². The summed E-state index contributed by atoms with van der Waals surface area (Å²) in [6.45, 7) is 1.94. The molecule has 1 heterocycles. The molecule has 0 aliphatic carbocycles. The van der Waals surface area contributed by atoms with Crippen LogP contribution < -0.4 is 5.69 Å². The van der Waals surface area contributed by atoms with E-state index in [9.17, 15) is 9.18 Å². The minimum absolute atomic E-state index is 0.217. The fourth-order valence-corrected chi connectivity index (χ4v) is 2.17. The van der Waals surface area contributed by atoms with Crippen molar-refractivity contribution in [1.82, 2.24) is 9.55 Å². The molecular formula is C14H11FN2O. The monoisotopic (exact) mass is 242 g/mol. The molecule has 0 saturated heterocycles. The first-order valence-electron chi connectivity index (χ1n) is 5.63. The number of aryl methyl sites for hydroxylation is 1. The van der Waals surface area contributed by atoms with E-state index < -0.39 is 0 Å². The van der Waals surface area contributed by atoms with Crippen LogP contribution in [0.15, 0.2) is 47.3 Å². The van der Waals surface area contributed by atoms with E-state index in [1.807, 2.05) is 25.1 Å². The van der Waals surface area contributed by atoms with Gasteiger partial charge in [0.1, 0.15) is 5.82 Å². The number of hydrogen-bond acceptors (Lipinski definition) is 1. The molecule has 0 bridgehead atoms. The summed E-state index contributed by atoms with van der Waals surface area (Å²) in [4.78, 5) is 14.8. The Labute approximate surface area is 103 Å². The van der Waals surface area contributed by atoms with Crippen LogP contribution >= 0.6 is 0 Å². The van der Waals surface area contributed by atoms with Crippen molar-refractivity contribution in [2.24, 2.45) is 0 Å². The average molecular weight is 242 g/mol. The van der Waals surface area contributed by atoms with Crippen molar-refractivity contribution in [3.63, 3.8) is 0 Å². The lowest BCUT2D eigenvalue weighted by molar-refractivity contribution is 0.627. The Hall–Kier alpha value is -2.36. The first-order chi connectivity index (χ1) is 8.66. The van der Waals surface area contributed by atoms with Gasteiger partial charge < -0.3 is 4.98 Å². The zero-order valence-corrected chi connectivity index (χ0v) is 9.77. The van der Waals surface area contributed by atoms with Gasteiger partial charge in [0.15, 0.2) is 0 Å². The highest BCUT2D eigenvalue weighted by atomic mass is 19.1. The number of benzene rings is 2. The van der Waals surface area contributed by atoms with Crippen LogP contribution in [0.2, 0.25) is 0 Å². The van der Waals surface area contributed by atoms with E-state index in [1.54, 1.807) is 16.7 Å². The van der Waals surface area contributed by atoms with Gasteiger partial charge in [-0.15, -0.1) is 0 Å². The summed E-state index contributed by atoms with van der Waals surface area (Å²) in [5.74, 6) is -0.316. The largest absolute Gasteiger partial charge is 0.331 e. The Kier molecular flexibility index (Phi) is 2.30. The van der Waals surface area contributed by atoms with Gasteiger partial charge in [-0.1, -0.05) is 12.1 Å². The van der Waals surface area contributed by atoms with Crippen LogP contribution in [0.3, 0.4) is 0 Å². The number of aromatic nitrogens is 2. The molecule has 4 heteroatoms. The summed E-state index contributed by atoms with van der Waals surface area (Å²) < 4.78 is 14.5. The van der Waals surface area contributed by atoms with Crippen LogP contribution in [0.1, 0.15) is 5.56 Å². The molecule has 0 spiro atoms. The number of nitrogens with zero attached hydrogens (tertiary/aromatic N) is 1. The van der Waals surface area contributed by atoms with Gasteiger partial charge in [0.05, 0.1) is 16.7 Å². The van der Waals surface area contributed by atoms with Crippen molar-refractivity contribution in [2.75, 3.05) is 0 Å². The highest BCUT2D eigenvalue weighted by Gasteiger charge is 2.10. The lowest BCUT2D eigenvalue weighted by Crippen LogP contribution is -2.14. The Balaban J connectivity index is 2.38.